The van der Waals surface area contributed by atoms with Gasteiger partial charge in [-0.3, -0.25) is 0 Å². The van der Waals surface area contributed by atoms with Gasteiger partial charge in [0.15, 0.2) is 0 Å². The van der Waals surface area contributed by atoms with Crippen molar-refractivity contribution in [2.24, 2.45) is 0 Å². The zero-order valence-electron chi connectivity index (χ0n) is 12.4. The van der Waals surface area contributed by atoms with Gasteiger partial charge < -0.3 is 10.1 Å². The SMILES string of the molecule is CCCc1nc(Cc2ccc(OC)cc2)sc1CNC. The highest BCUT2D eigenvalue weighted by atomic mass is 32.1. The van der Waals surface area contributed by atoms with Gasteiger partial charge in [-0.2, -0.15) is 0 Å². The summed E-state index contributed by atoms with van der Waals surface area (Å²) in [6, 6.07) is 8.23. The van der Waals surface area contributed by atoms with Gasteiger partial charge in [0, 0.05) is 17.8 Å². The average molecular weight is 290 g/mol. The number of ether oxygens (including phenoxy) is 1. The number of thiazole rings is 1. The number of nitrogens with zero attached hydrogens (tertiary/aromatic N) is 1. The summed E-state index contributed by atoms with van der Waals surface area (Å²) in [5.74, 6) is 0.899. The first-order valence-corrected chi connectivity index (χ1v) is 7.83. The van der Waals surface area contributed by atoms with Crippen LogP contribution < -0.4 is 10.1 Å². The van der Waals surface area contributed by atoms with Crippen LogP contribution in [0.25, 0.3) is 0 Å². The zero-order chi connectivity index (χ0) is 14.4. The van der Waals surface area contributed by atoms with Crippen molar-refractivity contribution in [2.75, 3.05) is 14.2 Å². The standard InChI is InChI=1S/C16H22N2OS/c1-4-5-14-15(11-17-2)20-16(18-14)10-12-6-8-13(19-3)9-7-12/h6-9,17H,4-5,10-11H2,1-3H3. The molecule has 4 heteroatoms. The summed E-state index contributed by atoms with van der Waals surface area (Å²) < 4.78 is 5.19. The Morgan fingerprint density at radius 1 is 1.25 bits per heavy atom. The van der Waals surface area contributed by atoms with Crippen molar-refractivity contribution in [1.29, 1.82) is 0 Å². The molecule has 20 heavy (non-hydrogen) atoms. The van der Waals surface area contributed by atoms with Crippen molar-refractivity contribution in [3.8, 4) is 5.75 Å². The lowest BCUT2D eigenvalue weighted by Gasteiger charge is -2.01. The van der Waals surface area contributed by atoms with E-state index in [0.717, 1.165) is 31.6 Å². The molecule has 3 nitrogen and oxygen atoms in total. The summed E-state index contributed by atoms with van der Waals surface area (Å²) >= 11 is 1.82. The van der Waals surface area contributed by atoms with Crippen LogP contribution in [0.15, 0.2) is 24.3 Å². The van der Waals surface area contributed by atoms with Gasteiger partial charge in [0.25, 0.3) is 0 Å². The molecule has 0 atom stereocenters. The largest absolute Gasteiger partial charge is 0.497 e. The highest BCUT2D eigenvalue weighted by Crippen LogP contribution is 2.23. The van der Waals surface area contributed by atoms with E-state index in [-0.39, 0.29) is 0 Å². The van der Waals surface area contributed by atoms with E-state index in [1.807, 2.05) is 30.5 Å². The van der Waals surface area contributed by atoms with Crippen LogP contribution in [0.5, 0.6) is 5.75 Å². The predicted molar refractivity (Wildman–Crippen MR) is 84.7 cm³/mol. The second-order valence-electron chi connectivity index (χ2n) is 4.78. The van der Waals surface area contributed by atoms with Gasteiger partial charge in [0.1, 0.15) is 5.75 Å². The van der Waals surface area contributed by atoms with Crippen LogP contribution >= 0.6 is 11.3 Å². The maximum absolute atomic E-state index is 5.19. The van der Waals surface area contributed by atoms with Crippen LogP contribution in [0.4, 0.5) is 0 Å². The minimum atomic E-state index is 0.898. The van der Waals surface area contributed by atoms with Crippen molar-refractivity contribution < 1.29 is 4.74 Å². The van der Waals surface area contributed by atoms with Crippen LogP contribution in [-0.4, -0.2) is 19.1 Å². The van der Waals surface area contributed by atoms with Gasteiger partial charge in [-0.05, 0) is 31.2 Å². The number of hydrogen-bond donors (Lipinski definition) is 1. The molecule has 0 amide bonds. The summed E-state index contributed by atoms with van der Waals surface area (Å²) in [6.45, 7) is 3.11. The van der Waals surface area contributed by atoms with Crippen LogP contribution in [0.2, 0.25) is 0 Å². The Labute approximate surface area is 125 Å². The van der Waals surface area contributed by atoms with E-state index < -0.39 is 0 Å². The Morgan fingerprint density at radius 3 is 2.60 bits per heavy atom. The van der Waals surface area contributed by atoms with Crippen LogP contribution in [-0.2, 0) is 19.4 Å². The highest BCUT2D eigenvalue weighted by Gasteiger charge is 2.10. The minimum absolute atomic E-state index is 0.898. The van der Waals surface area contributed by atoms with Crippen molar-refractivity contribution in [1.82, 2.24) is 10.3 Å². The summed E-state index contributed by atoms with van der Waals surface area (Å²) in [5.41, 5.74) is 2.54. The minimum Gasteiger partial charge on any atom is -0.497 e. The lowest BCUT2D eigenvalue weighted by molar-refractivity contribution is 0.414. The molecule has 1 N–H and O–H groups in total. The number of benzene rings is 1. The molecule has 2 rings (SSSR count). The molecule has 0 saturated heterocycles. The van der Waals surface area contributed by atoms with E-state index in [4.69, 9.17) is 9.72 Å². The van der Waals surface area contributed by atoms with E-state index in [2.05, 4.69) is 24.4 Å². The maximum atomic E-state index is 5.19. The molecule has 2 aromatic rings. The molecule has 0 radical (unpaired) electrons. The molecule has 1 aromatic carbocycles. The fourth-order valence-electron chi connectivity index (χ4n) is 2.16. The Morgan fingerprint density at radius 2 is 2.00 bits per heavy atom. The van der Waals surface area contributed by atoms with Crippen molar-refractivity contribution in [3.05, 3.63) is 45.4 Å². The smallest absolute Gasteiger partial charge is 0.118 e. The second kappa shape index (κ2) is 7.41. The first kappa shape index (κ1) is 15.0. The third-order valence-electron chi connectivity index (χ3n) is 3.16. The summed E-state index contributed by atoms with van der Waals surface area (Å²) in [5, 5.41) is 4.43. The van der Waals surface area contributed by atoms with E-state index in [9.17, 15) is 0 Å². The fraction of sp³-hybridized carbons (Fsp3) is 0.438. The van der Waals surface area contributed by atoms with Gasteiger partial charge in [-0.1, -0.05) is 25.5 Å². The topological polar surface area (TPSA) is 34.1 Å². The number of hydrogen-bond acceptors (Lipinski definition) is 4. The molecular formula is C16H22N2OS. The predicted octanol–water partition coefficient (Wildman–Crippen LogP) is 3.41. The van der Waals surface area contributed by atoms with E-state index in [1.165, 1.54) is 21.1 Å². The van der Waals surface area contributed by atoms with E-state index in [0.29, 0.717) is 0 Å². The van der Waals surface area contributed by atoms with Gasteiger partial charge in [-0.15, -0.1) is 11.3 Å². The molecule has 0 aliphatic carbocycles. The van der Waals surface area contributed by atoms with E-state index >= 15 is 0 Å². The fourth-order valence-corrected chi connectivity index (χ4v) is 3.32. The molecule has 108 valence electrons. The number of aromatic nitrogens is 1. The number of methoxy groups -OCH3 is 1. The van der Waals surface area contributed by atoms with Crippen molar-refractivity contribution in [3.63, 3.8) is 0 Å². The summed E-state index contributed by atoms with van der Waals surface area (Å²) in [7, 11) is 3.68. The molecule has 1 aromatic heterocycles. The maximum Gasteiger partial charge on any atom is 0.118 e. The van der Waals surface area contributed by atoms with Gasteiger partial charge in [0.05, 0.1) is 17.8 Å². The molecule has 0 fully saturated rings. The van der Waals surface area contributed by atoms with Crippen LogP contribution in [0.3, 0.4) is 0 Å². The third-order valence-corrected chi connectivity index (χ3v) is 4.26. The lowest BCUT2D eigenvalue weighted by atomic mass is 10.1. The third kappa shape index (κ3) is 3.81. The molecule has 0 bridgehead atoms. The summed E-state index contributed by atoms with van der Waals surface area (Å²) in [6.07, 6.45) is 3.10. The molecule has 0 unspecified atom stereocenters. The van der Waals surface area contributed by atoms with Crippen molar-refractivity contribution in [2.45, 2.75) is 32.7 Å². The molecule has 0 aliphatic rings. The first-order chi connectivity index (χ1) is 9.76. The number of rotatable bonds is 7. The van der Waals surface area contributed by atoms with Crippen molar-refractivity contribution >= 4 is 11.3 Å². The summed E-state index contributed by atoms with van der Waals surface area (Å²) in [4.78, 5) is 6.18. The lowest BCUT2D eigenvalue weighted by Crippen LogP contribution is -2.05. The second-order valence-corrected chi connectivity index (χ2v) is 5.95. The Hall–Kier alpha value is -1.39. The highest BCUT2D eigenvalue weighted by molar-refractivity contribution is 7.11. The molecule has 0 aliphatic heterocycles. The Kier molecular flexibility index (Phi) is 5.56. The van der Waals surface area contributed by atoms with Crippen LogP contribution in [0, 0.1) is 0 Å². The van der Waals surface area contributed by atoms with Gasteiger partial charge in [-0.25, -0.2) is 4.98 Å². The number of nitrogens with one attached hydrogen (secondary N) is 1. The quantitative estimate of drug-likeness (QED) is 0.848. The van der Waals surface area contributed by atoms with E-state index in [1.54, 1.807) is 7.11 Å². The van der Waals surface area contributed by atoms with Gasteiger partial charge in [0.2, 0.25) is 0 Å². The monoisotopic (exact) mass is 290 g/mol. The molecular weight excluding hydrogens is 268 g/mol. The molecule has 0 saturated carbocycles. The molecule has 0 spiro atoms. The Bertz CT molecular complexity index is 510. The zero-order valence-corrected chi connectivity index (χ0v) is 13.2. The first-order valence-electron chi connectivity index (χ1n) is 7.01. The van der Waals surface area contributed by atoms with Gasteiger partial charge >= 0.3 is 0 Å². The normalized spacial score (nSPS) is 10.8. The van der Waals surface area contributed by atoms with Crippen LogP contribution in [0.1, 0.15) is 34.5 Å². The average Bonchev–Trinajstić information content (AvgIpc) is 2.82. The Balaban J connectivity index is 2.13. The molecule has 1 heterocycles. The number of aryl methyl sites for hydroxylation is 1.